The lowest BCUT2D eigenvalue weighted by Crippen LogP contribution is -2.46. The molecule has 1 aliphatic rings. The van der Waals surface area contributed by atoms with Gasteiger partial charge in [0.25, 0.3) is 10.0 Å². The van der Waals surface area contributed by atoms with Crippen LogP contribution in [0.1, 0.15) is 5.69 Å². The van der Waals surface area contributed by atoms with Gasteiger partial charge in [-0.25, -0.2) is 22.2 Å². The van der Waals surface area contributed by atoms with Crippen LogP contribution < -0.4 is 9.62 Å². The summed E-state index contributed by atoms with van der Waals surface area (Å²) in [6, 6.07) is 11.8. The van der Waals surface area contributed by atoms with Gasteiger partial charge in [0.15, 0.2) is 11.6 Å². The van der Waals surface area contributed by atoms with E-state index in [1.54, 1.807) is 12.3 Å². The van der Waals surface area contributed by atoms with Gasteiger partial charge in [-0.1, -0.05) is 6.07 Å². The Morgan fingerprint density at radius 3 is 2.39 bits per heavy atom. The molecule has 0 aliphatic carbocycles. The summed E-state index contributed by atoms with van der Waals surface area (Å²) < 4.78 is 53.6. The van der Waals surface area contributed by atoms with E-state index >= 15 is 0 Å². The fourth-order valence-electron chi connectivity index (χ4n) is 3.35. The largest absolute Gasteiger partial charge is 0.354 e. The molecule has 2 aromatic heterocycles. The molecule has 4 rings (SSSR count). The maximum absolute atomic E-state index is 13.3. The highest BCUT2D eigenvalue weighted by molar-refractivity contribution is 7.92. The molecule has 0 spiro atoms. The molecule has 1 saturated heterocycles. The Kier molecular flexibility index (Phi) is 6.10. The SMILES string of the molecule is O=S(=O)(Nc1ccc(F)c(F)c1)c1ccc(N2CCN(Cc3ccccn3)CC2)nc1. The van der Waals surface area contributed by atoms with Crippen molar-refractivity contribution in [3.63, 3.8) is 0 Å². The first-order valence-electron chi connectivity index (χ1n) is 9.72. The summed E-state index contributed by atoms with van der Waals surface area (Å²) in [5, 5.41) is 0. The van der Waals surface area contributed by atoms with Crippen molar-refractivity contribution >= 4 is 21.5 Å². The van der Waals surface area contributed by atoms with E-state index in [1.165, 1.54) is 12.3 Å². The second-order valence-corrected chi connectivity index (χ2v) is 8.85. The number of sulfonamides is 1. The smallest absolute Gasteiger partial charge is 0.263 e. The van der Waals surface area contributed by atoms with Gasteiger partial charge in [0.2, 0.25) is 0 Å². The summed E-state index contributed by atoms with van der Waals surface area (Å²) in [5.41, 5.74) is 0.962. The average Bonchev–Trinajstić information content (AvgIpc) is 2.77. The summed E-state index contributed by atoms with van der Waals surface area (Å²) in [6.45, 7) is 4.00. The number of aromatic nitrogens is 2. The average molecular weight is 445 g/mol. The molecule has 10 heteroatoms. The van der Waals surface area contributed by atoms with E-state index in [4.69, 9.17) is 0 Å². The van der Waals surface area contributed by atoms with Crippen LogP contribution in [0.15, 0.2) is 65.8 Å². The molecule has 3 aromatic rings. The summed E-state index contributed by atoms with van der Waals surface area (Å²) in [4.78, 5) is 13.0. The molecule has 0 unspecified atom stereocenters. The minimum absolute atomic E-state index is 0.0604. The molecule has 1 aromatic carbocycles. The van der Waals surface area contributed by atoms with Crippen LogP contribution in [0.4, 0.5) is 20.3 Å². The number of piperazine rings is 1. The van der Waals surface area contributed by atoms with Gasteiger partial charge in [0, 0.05) is 51.2 Å². The Balaban J connectivity index is 1.37. The van der Waals surface area contributed by atoms with Crippen molar-refractivity contribution in [3.8, 4) is 0 Å². The van der Waals surface area contributed by atoms with Gasteiger partial charge in [-0.3, -0.25) is 14.6 Å². The van der Waals surface area contributed by atoms with Crippen LogP contribution in [-0.4, -0.2) is 49.5 Å². The fourth-order valence-corrected chi connectivity index (χ4v) is 4.34. The first kappa shape index (κ1) is 21.1. The number of nitrogens with zero attached hydrogens (tertiary/aromatic N) is 4. The summed E-state index contributed by atoms with van der Waals surface area (Å²) in [7, 11) is -3.97. The number of halogens is 2. The van der Waals surface area contributed by atoms with Crippen molar-refractivity contribution in [3.05, 3.63) is 78.3 Å². The second-order valence-electron chi connectivity index (χ2n) is 7.17. The number of anilines is 2. The van der Waals surface area contributed by atoms with Crippen molar-refractivity contribution in [1.82, 2.24) is 14.9 Å². The molecule has 0 atom stereocenters. The van der Waals surface area contributed by atoms with Gasteiger partial charge >= 0.3 is 0 Å². The van der Waals surface area contributed by atoms with Crippen LogP contribution >= 0.6 is 0 Å². The number of rotatable bonds is 6. The lowest BCUT2D eigenvalue weighted by molar-refractivity contribution is 0.246. The monoisotopic (exact) mass is 445 g/mol. The number of pyridine rings is 2. The van der Waals surface area contributed by atoms with Crippen molar-refractivity contribution in [2.75, 3.05) is 35.8 Å². The van der Waals surface area contributed by atoms with E-state index in [0.717, 1.165) is 56.6 Å². The van der Waals surface area contributed by atoms with E-state index in [1.807, 2.05) is 18.2 Å². The van der Waals surface area contributed by atoms with Gasteiger partial charge in [-0.05, 0) is 36.4 Å². The van der Waals surface area contributed by atoms with Crippen LogP contribution in [0.3, 0.4) is 0 Å². The topological polar surface area (TPSA) is 78.4 Å². The van der Waals surface area contributed by atoms with E-state index in [0.29, 0.717) is 5.82 Å². The third-order valence-electron chi connectivity index (χ3n) is 5.01. The zero-order chi connectivity index (χ0) is 21.8. The standard InChI is InChI=1S/C21H21F2N5O2S/c22-19-6-4-16(13-20(19)23)26-31(29,30)18-5-7-21(25-14-18)28-11-9-27(10-12-28)15-17-3-1-2-8-24-17/h1-8,13-14,26H,9-12,15H2. The molecule has 162 valence electrons. The van der Waals surface area contributed by atoms with E-state index < -0.39 is 21.7 Å². The highest BCUT2D eigenvalue weighted by Gasteiger charge is 2.20. The molecule has 0 saturated carbocycles. The maximum atomic E-state index is 13.3. The Morgan fingerprint density at radius 2 is 1.74 bits per heavy atom. The van der Waals surface area contributed by atoms with Crippen LogP contribution in [0.5, 0.6) is 0 Å². The third kappa shape index (κ3) is 5.15. The van der Waals surface area contributed by atoms with Crippen LogP contribution in [0.2, 0.25) is 0 Å². The Labute approximate surface area is 179 Å². The Hall–Kier alpha value is -3.11. The summed E-state index contributed by atoms with van der Waals surface area (Å²) in [6.07, 6.45) is 3.05. The predicted molar refractivity (Wildman–Crippen MR) is 113 cm³/mol. The molecule has 0 bridgehead atoms. The lowest BCUT2D eigenvalue weighted by atomic mass is 10.2. The van der Waals surface area contributed by atoms with Crippen LogP contribution in [-0.2, 0) is 16.6 Å². The molecule has 1 N–H and O–H groups in total. The molecule has 7 nitrogen and oxygen atoms in total. The number of hydrogen-bond acceptors (Lipinski definition) is 6. The second kappa shape index (κ2) is 8.94. The Bertz CT molecular complexity index is 1140. The fraction of sp³-hybridized carbons (Fsp3) is 0.238. The maximum Gasteiger partial charge on any atom is 0.263 e. The van der Waals surface area contributed by atoms with Crippen LogP contribution in [0, 0.1) is 11.6 Å². The molecule has 1 fully saturated rings. The molecular formula is C21H21F2N5O2S. The summed E-state index contributed by atoms with van der Waals surface area (Å²) >= 11 is 0. The minimum Gasteiger partial charge on any atom is -0.354 e. The molecule has 0 amide bonds. The highest BCUT2D eigenvalue weighted by Crippen LogP contribution is 2.20. The molecular weight excluding hydrogens is 424 g/mol. The molecule has 1 aliphatic heterocycles. The van der Waals surface area contributed by atoms with Gasteiger partial charge < -0.3 is 4.90 Å². The van der Waals surface area contributed by atoms with E-state index in [9.17, 15) is 17.2 Å². The molecule has 0 radical (unpaired) electrons. The molecule has 3 heterocycles. The highest BCUT2D eigenvalue weighted by atomic mass is 32.2. The van der Waals surface area contributed by atoms with E-state index in [-0.39, 0.29) is 10.6 Å². The first-order valence-corrected chi connectivity index (χ1v) is 11.2. The van der Waals surface area contributed by atoms with Gasteiger partial charge in [-0.2, -0.15) is 0 Å². The van der Waals surface area contributed by atoms with Crippen molar-refractivity contribution in [2.45, 2.75) is 11.4 Å². The third-order valence-corrected chi connectivity index (χ3v) is 6.38. The number of benzene rings is 1. The van der Waals surface area contributed by atoms with Gasteiger partial charge in [0.05, 0.1) is 11.4 Å². The van der Waals surface area contributed by atoms with Crippen LogP contribution in [0.25, 0.3) is 0 Å². The minimum atomic E-state index is -3.97. The molecule has 31 heavy (non-hydrogen) atoms. The van der Waals surface area contributed by atoms with Crippen molar-refractivity contribution in [1.29, 1.82) is 0 Å². The van der Waals surface area contributed by atoms with E-state index in [2.05, 4.69) is 24.5 Å². The zero-order valence-corrected chi connectivity index (χ0v) is 17.4. The van der Waals surface area contributed by atoms with Gasteiger partial charge in [-0.15, -0.1) is 0 Å². The normalized spacial score (nSPS) is 15.1. The lowest BCUT2D eigenvalue weighted by Gasteiger charge is -2.35. The number of nitrogens with one attached hydrogen (secondary N) is 1. The zero-order valence-electron chi connectivity index (χ0n) is 16.6. The van der Waals surface area contributed by atoms with Crippen molar-refractivity contribution in [2.24, 2.45) is 0 Å². The summed E-state index contributed by atoms with van der Waals surface area (Å²) in [5.74, 6) is -1.49. The first-order chi connectivity index (χ1) is 14.9. The predicted octanol–water partition coefficient (Wildman–Crippen LogP) is 2.88. The quantitative estimate of drug-likeness (QED) is 0.629. The number of hydrogen-bond donors (Lipinski definition) is 1. The Morgan fingerprint density at radius 1 is 0.935 bits per heavy atom. The van der Waals surface area contributed by atoms with Crippen molar-refractivity contribution < 1.29 is 17.2 Å². The van der Waals surface area contributed by atoms with Gasteiger partial charge in [0.1, 0.15) is 10.7 Å².